The highest BCUT2D eigenvalue weighted by Crippen LogP contribution is 2.18. The number of aromatic nitrogens is 2. The number of aromatic amines is 1. The summed E-state index contributed by atoms with van der Waals surface area (Å²) >= 11 is 0. The molecule has 22 heavy (non-hydrogen) atoms. The Labute approximate surface area is 127 Å². The number of H-pyrrole nitrogens is 1. The van der Waals surface area contributed by atoms with Crippen LogP contribution in [-0.4, -0.2) is 29.8 Å². The maximum Gasteiger partial charge on any atom is 0.276 e. The number of hydrogen-bond donors (Lipinski definition) is 2. The molecule has 0 saturated carbocycles. The van der Waals surface area contributed by atoms with E-state index in [-0.39, 0.29) is 10.6 Å². The first kappa shape index (κ1) is 15.9. The molecule has 1 heterocycles. The summed E-state index contributed by atoms with van der Waals surface area (Å²) in [7, 11) is -3.34. The third-order valence-electron chi connectivity index (χ3n) is 2.97. The quantitative estimate of drug-likeness (QED) is 0.879. The van der Waals surface area contributed by atoms with Crippen LogP contribution in [0.5, 0.6) is 0 Å². The molecule has 0 aliphatic carbocycles. The van der Waals surface area contributed by atoms with Crippen molar-refractivity contribution in [2.24, 2.45) is 0 Å². The Hall–Kier alpha value is -2.48. The van der Waals surface area contributed by atoms with Crippen LogP contribution >= 0.6 is 0 Å². The predicted molar refractivity (Wildman–Crippen MR) is 81.6 cm³/mol. The van der Waals surface area contributed by atoms with Gasteiger partial charge in [-0.1, -0.05) is 0 Å². The van der Waals surface area contributed by atoms with Crippen molar-refractivity contribution < 1.29 is 13.2 Å². The van der Waals surface area contributed by atoms with Crippen molar-refractivity contribution in [1.29, 1.82) is 0 Å². The number of nitrogens with zero attached hydrogens (tertiary/aromatic N) is 1. The molecule has 1 aromatic carbocycles. The molecule has 1 aromatic heterocycles. The van der Waals surface area contributed by atoms with Gasteiger partial charge in [0.05, 0.1) is 10.1 Å². The van der Waals surface area contributed by atoms with E-state index in [1.807, 2.05) is 0 Å². The van der Waals surface area contributed by atoms with E-state index >= 15 is 0 Å². The Balaban J connectivity index is 2.16. The Morgan fingerprint density at radius 3 is 2.27 bits per heavy atom. The Morgan fingerprint density at radius 1 is 1.14 bits per heavy atom. The van der Waals surface area contributed by atoms with Gasteiger partial charge in [0.1, 0.15) is 5.69 Å². The molecule has 0 saturated heterocycles. The second-order valence-corrected chi connectivity index (χ2v) is 7.38. The zero-order chi connectivity index (χ0) is 16.3. The van der Waals surface area contributed by atoms with Gasteiger partial charge < -0.3 is 5.32 Å². The molecule has 0 unspecified atom stereocenters. The molecule has 0 aliphatic rings. The summed E-state index contributed by atoms with van der Waals surface area (Å²) in [4.78, 5) is 23.0. The standard InChI is InChI=1S/C14H15N3O4S/c1-9(2)22(20,21)11-5-3-10(4-6-11)15-14(19)12-7-8-13(18)17-16-12/h3-9H,1-2H3,(H,15,19)(H,17,18). The van der Waals surface area contributed by atoms with E-state index in [4.69, 9.17) is 0 Å². The van der Waals surface area contributed by atoms with Crippen LogP contribution in [0, 0.1) is 0 Å². The molecule has 8 heteroatoms. The lowest BCUT2D eigenvalue weighted by molar-refractivity contribution is 0.102. The molecule has 0 atom stereocenters. The molecule has 0 aliphatic heterocycles. The zero-order valence-electron chi connectivity index (χ0n) is 12.0. The molecule has 116 valence electrons. The monoisotopic (exact) mass is 321 g/mol. The van der Waals surface area contributed by atoms with E-state index in [0.29, 0.717) is 5.69 Å². The summed E-state index contributed by atoms with van der Waals surface area (Å²) < 4.78 is 24.0. The molecule has 0 radical (unpaired) electrons. The van der Waals surface area contributed by atoms with Gasteiger partial charge in [-0.2, -0.15) is 5.10 Å². The molecule has 1 amide bonds. The first-order valence-electron chi connectivity index (χ1n) is 6.52. The largest absolute Gasteiger partial charge is 0.321 e. The summed E-state index contributed by atoms with van der Waals surface area (Å²) in [5.41, 5.74) is 0.0824. The van der Waals surface area contributed by atoms with Gasteiger partial charge >= 0.3 is 0 Å². The number of benzene rings is 1. The fourth-order valence-electron chi connectivity index (χ4n) is 1.67. The van der Waals surface area contributed by atoms with Crippen molar-refractivity contribution in [3.8, 4) is 0 Å². The summed E-state index contributed by atoms with van der Waals surface area (Å²) in [5.74, 6) is -0.504. The summed E-state index contributed by atoms with van der Waals surface area (Å²) in [5, 5.41) is 7.82. The van der Waals surface area contributed by atoms with Crippen LogP contribution in [0.2, 0.25) is 0 Å². The van der Waals surface area contributed by atoms with Gasteiger partial charge in [0.15, 0.2) is 9.84 Å². The van der Waals surface area contributed by atoms with Crippen molar-refractivity contribution in [3.63, 3.8) is 0 Å². The molecular formula is C14H15N3O4S. The minimum absolute atomic E-state index is 0.0541. The van der Waals surface area contributed by atoms with Crippen molar-refractivity contribution in [1.82, 2.24) is 10.2 Å². The van der Waals surface area contributed by atoms with E-state index in [2.05, 4.69) is 15.5 Å². The second kappa shape index (κ2) is 6.10. The zero-order valence-corrected chi connectivity index (χ0v) is 12.8. The van der Waals surface area contributed by atoms with E-state index in [1.54, 1.807) is 13.8 Å². The Kier molecular flexibility index (Phi) is 4.41. The van der Waals surface area contributed by atoms with Crippen molar-refractivity contribution >= 4 is 21.4 Å². The van der Waals surface area contributed by atoms with E-state index in [1.165, 1.54) is 36.4 Å². The minimum Gasteiger partial charge on any atom is -0.321 e. The molecule has 7 nitrogen and oxygen atoms in total. The fraction of sp³-hybridized carbons (Fsp3) is 0.214. The number of carbonyl (C=O) groups is 1. The van der Waals surface area contributed by atoms with E-state index in [9.17, 15) is 18.0 Å². The number of hydrogen-bond acceptors (Lipinski definition) is 5. The highest BCUT2D eigenvalue weighted by atomic mass is 32.2. The molecular weight excluding hydrogens is 306 g/mol. The number of anilines is 1. The van der Waals surface area contributed by atoms with Crippen LogP contribution in [0.1, 0.15) is 24.3 Å². The molecule has 2 N–H and O–H groups in total. The SMILES string of the molecule is CC(C)S(=O)(=O)c1ccc(NC(=O)c2ccc(=O)[nH]n2)cc1. The summed E-state index contributed by atoms with van der Waals surface area (Å²) in [6, 6.07) is 8.36. The first-order chi connectivity index (χ1) is 10.3. The lowest BCUT2D eigenvalue weighted by Gasteiger charge is -2.09. The highest BCUT2D eigenvalue weighted by Gasteiger charge is 2.18. The predicted octanol–water partition coefficient (Wildman–Crippen LogP) is 1.20. The topological polar surface area (TPSA) is 109 Å². The molecule has 0 bridgehead atoms. The van der Waals surface area contributed by atoms with Gasteiger partial charge in [-0.3, -0.25) is 9.59 Å². The number of carbonyl (C=O) groups excluding carboxylic acids is 1. The summed E-state index contributed by atoms with van der Waals surface area (Å²) in [6.45, 7) is 3.21. The van der Waals surface area contributed by atoms with Gasteiger partial charge in [0.25, 0.3) is 11.5 Å². The fourth-order valence-corrected chi connectivity index (χ4v) is 2.73. The van der Waals surface area contributed by atoms with Crippen LogP contribution in [0.25, 0.3) is 0 Å². The van der Waals surface area contributed by atoms with Crippen LogP contribution in [0.4, 0.5) is 5.69 Å². The van der Waals surface area contributed by atoms with Crippen LogP contribution in [0.3, 0.4) is 0 Å². The van der Waals surface area contributed by atoms with E-state index < -0.39 is 26.6 Å². The van der Waals surface area contributed by atoms with Crippen LogP contribution in [-0.2, 0) is 9.84 Å². The normalized spacial score (nSPS) is 11.4. The van der Waals surface area contributed by atoms with Crippen molar-refractivity contribution in [2.75, 3.05) is 5.32 Å². The highest BCUT2D eigenvalue weighted by molar-refractivity contribution is 7.92. The third-order valence-corrected chi connectivity index (χ3v) is 5.14. The second-order valence-electron chi connectivity index (χ2n) is 4.88. The van der Waals surface area contributed by atoms with Gasteiger partial charge in [-0.05, 0) is 44.2 Å². The smallest absolute Gasteiger partial charge is 0.276 e. The first-order valence-corrected chi connectivity index (χ1v) is 8.06. The molecule has 2 aromatic rings. The maximum absolute atomic E-state index is 12.0. The number of rotatable bonds is 4. The number of amides is 1. The summed E-state index contributed by atoms with van der Waals surface area (Å²) in [6.07, 6.45) is 0. The van der Waals surface area contributed by atoms with E-state index in [0.717, 1.165) is 0 Å². The van der Waals surface area contributed by atoms with Crippen LogP contribution in [0.15, 0.2) is 46.1 Å². The van der Waals surface area contributed by atoms with Gasteiger partial charge in [-0.25, -0.2) is 13.5 Å². The lowest BCUT2D eigenvalue weighted by Crippen LogP contribution is -2.17. The molecule has 0 spiro atoms. The lowest BCUT2D eigenvalue weighted by atomic mass is 10.3. The Morgan fingerprint density at radius 2 is 1.77 bits per heavy atom. The minimum atomic E-state index is -3.34. The third kappa shape index (κ3) is 3.40. The van der Waals surface area contributed by atoms with Gasteiger partial charge in [0.2, 0.25) is 0 Å². The van der Waals surface area contributed by atoms with Crippen LogP contribution < -0.4 is 10.9 Å². The number of nitrogens with one attached hydrogen (secondary N) is 2. The molecule has 0 fully saturated rings. The Bertz CT molecular complexity index is 819. The average Bonchev–Trinajstić information content (AvgIpc) is 2.48. The van der Waals surface area contributed by atoms with Crippen molar-refractivity contribution in [2.45, 2.75) is 24.0 Å². The molecule has 2 rings (SSSR count). The number of sulfone groups is 1. The van der Waals surface area contributed by atoms with Gasteiger partial charge in [-0.15, -0.1) is 0 Å². The van der Waals surface area contributed by atoms with Crippen molar-refractivity contribution in [3.05, 3.63) is 52.4 Å². The van der Waals surface area contributed by atoms with Gasteiger partial charge in [0, 0.05) is 11.8 Å². The maximum atomic E-state index is 12.0. The average molecular weight is 321 g/mol.